The third-order valence-electron chi connectivity index (χ3n) is 11.1. The van der Waals surface area contributed by atoms with E-state index in [2.05, 4.69) is 86.8 Å². The third kappa shape index (κ3) is 43.8. The van der Waals surface area contributed by atoms with Crippen molar-refractivity contribution in [2.45, 2.75) is 219 Å². The van der Waals surface area contributed by atoms with Gasteiger partial charge in [0.05, 0.1) is 34.4 Å². The quantitative estimate of drug-likeness (QED) is 0.0281. The van der Waals surface area contributed by atoms with Gasteiger partial charge in [0.15, 0.2) is 12.1 Å². The molecule has 0 aliphatic carbocycles. The average molecular weight is 883 g/mol. The zero-order chi connectivity index (χ0) is 46.3. The highest BCUT2D eigenvalue weighted by Crippen LogP contribution is 2.14. The summed E-state index contributed by atoms with van der Waals surface area (Å²) < 4.78 is 17.3. The van der Waals surface area contributed by atoms with Crippen LogP contribution in [-0.4, -0.2) is 80.6 Å². The number of likely N-dealkylation sites (N-methyl/N-ethyl adjacent to an activating group) is 1. The average Bonchev–Trinajstić information content (AvgIpc) is 3.24. The molecule has 0 radical (unpaired) electrons. The largest absolute Gasteiger partial charge is 0.477 e. The summed E-state index contributed by atoms with van der Waals surface area (Å²) >= 11 is 0. The van der Waals surface area contributed by atoms with Gasteiger partial charge < -0.3 is 23.8 Å². The predicted molar refractivity (Wildman–Crippen MR) is 266 cm³/mol. The number of nitrogens with zero attached hydrogens (tertiary/aromatic N) is 1. The fourth-order valence-electron chi connectivity index (χ4n) is 7.17. The van der Waals surface area contributed by atoms with Crippen molar-refractivity contribution in [2.75, 3.05) is 41.0 Å². The van der Waals surface area contributed by atoms with E-state index >= 15 is 0 Å². The molecule has 2 unspecified atom stereocenters. The number of hydrogen-bond acceptors (Lipinski definition) is 6. The Morgan fingerprint density at radius 2 is 0.889 bits per heavy atom. The van der Waals surface area contributed by atoms with Crippen LogP contribution in [0.1, 0.15) is 206 Å². The number of hydrogen-bond donors (Lipinski definition) is 1. The minimum Gasteiger partial charge on any atom is -0.477 e. The monoisotopic (exact) mass is 883 g/mol. The number of carboxylic acids is 1. The van der Waals surface area contributed by atoms with Crippen LogP contribution < -0.4 is 0 Å². The third-order valence-corrected chi connectivity index (χ3v) is 11.1. The zero-order valence-electron chi connectivity index (χ0n) is 41.3. The van der Waals surface area contributed by atoms with Crippen molar-refractivity contribution in [3.63, 3.8) is 0 Å². The molecular weight excluding hydrogens is 787 g/mol. The molecule has 8 nitrogen and oxygen atoms in total. The van der Waals surface area contributed by atoms with Crippen molar-refractivity contribution in [1.82, 2.24) is 0 Å². The highest BCUT2D eigenvalue weighted by Gasteiger charge is 2.31. The van der Waals surface area contributed by atoms with E-state index in [1.165, 1.54) is 89.9 Å². The lowest BCUT2D eigenvalue weighted by molar-refractivity contribution is -0.887. The number of carbonyl (C=O) groups is 3. The summed E-state index contributed by atoms with van der Waals surface area (Å²) in [6.45, 7) is 4.60. The van der Waals surface area contributed by atoms with Gasteiger partial charge in [0.1, 0.15) is 6.61 Å². The molecule has 0 aliphatic heterocycles. The summed E-state index contributed by atoms with van der Waals surface area (Å²) in [6, 6.07) is -0.621. The molecule has 2 atom stereocenters. The van der Waals surface area contributed by atoms with E-state index in [-0.39, 0.29) is 36.2 Å². The molecule has 0 aromatic carbocycles. The van der Waals surface area contributed by atoms with Crippen LogP contribution >= 0.6 is 0 Å². The SMILES string of the molecule is CC/C=C\C/C=C\C/C=C\C/C=C\CCCCCCCCCCC(=O)OC(COCCC(C(=O)O)[N+](C)(C)C)COC(=O)CCCCCCCCC/C=C\C/C=C\CCCCCC. The van der Waals surface area contributed by atoms with Gasteiger partial charge in [-0.2, -0.15) is 0 Å². The lowest BCUT2D eigenvalue weighted by Crippen LogP contribution is -2.50. The first kappa shape index (κ1) is 59.8. The van der Waals surface area contributed by atoms with Crippen molar-refractivity contribution in [1.29, 1.82) is 0 Å². The molecule has 63 heavy (non-hydrogen) atoms. The predicted octanol–water partition coefficient (Wildman–Crippen LogP) is 14.7. The smallest absolute Gasteiger partial charge is 0.362 e. The molecule has 0 saturated heterocycles. The fourth-order valence-corrected chi connectivity index (χ4v) is 7.17. The topological polar surface area (TPSA) is 99.1 Å². The molecule has 0 aromatic rings. The van der Waals surface area contributed by atoms with E-state index < -0.39 is 18.1 Å². The lowest BCUT2D eigenvalue weighted by Gasteiger charge is -2.31. The standard InChI is InChI=1S/C55H95NO7/c1-6-8-10-12-14-16-18-20-22-24-26-27-28-30-32-34-36-38-40-42-44-46-54(58)63-51(49-61-48-47-52(55(59)60)56(3,4)5)50-62-53(57)45-43-41-39-37-35-33-31-29-25-23-21-19-17-15-13-11-9-7-2/h8,10,14,16-17,19-20,22-23,25-27,51-52H,6-7,9,11-13,15,18,21,24,28-50H2,1-5H3/p+1/b10-8-,16-14-,19-17-,22-20-,25-23-,27-26-. The summed E-state index contributed by atoms with van der Waals surface area (Å²) in [5.41, 5.74) is 0. The molecule has 0 fully saturated rings. The summed E-state index contributed by atoms with van der Waals surface area (Å²) in [4.78, 5) is 37.2. The molecule has 0 saturated carbocycles. The van der Waals surface area contributed by atoms with Gasteiger partial charge in [0, 0.05) is 19.3 Å². The first-order valence-electron chi connectivity index (χ1n) is 25.5. The van der Waals surface area contributed by atoms with Crippen molar-refractivity contribution in [3.05, 3.63) is 72.9 Å². The highest BCUT2D eigenvalue weighted by molar-refractivity contribution is 5.72. The van der Waals surface area contributed by atoms with Gasteiger partial charge in [0.25, 0.3) is 0 Å². The number of aliphatic carboxylic acids is 1. The zero-order valence-corrected chi connectivity index (χ0v) is 41.3. The Morgan fingerprint density at radius 3 is 1.32 bits per heavy atom. The number of quaternary nitrogens is 1. The highest BCUT2D eigenvalue weighted by atomic mass is 16.6. The van der Waals surface area contributed by atoms with Crippen molar-refractivity contribution in [3.8, 4) is 0 Å². The Morgan fingerprint density at radius 1 is 0.492 bits per heavy atom. The second-order valence-corrected chi connectivity index (χ2v) is 18.0. The van der Waals surface area contributed by atoms with Crippen LogP contribution in [-0.2, 0) is 28.6 Å². The van der Waals surface area contributed by atoms with Crippen LogP contribution in [0.25, 0.3) is 0 Å². The number of carboxylic acid groups (broad SMARTS) is 1. The van der Waals surface area contributed by atoms with Crippen LogP contribution in [0.2, 0.25) is 0 Å². The van der Waals surface area contributed by atoms with Crippen LogP contribution in [0.3, 0.4) is 0 Å². The Bertz CT molecular complexity index is 1260. The van der Waals surface area contributed by atoms with Gasteiger partial charge in [-0.1, -0.05) is 177 Å². The van der Waals surface area contributed by atoms with E-state index in [4.69, 9.17) is 14.2 Å². The van der Waals surface area contributed by atoms with Crippen molar-refractivity contribution >= 4 is 17.9 Å². The first-order valence-corrected chi connectivity index (χ1v) is 25.5. The number of allylic oxidation sites excluding steroid dienone is 12. The summed E-state index contributed by atoms with van der Waals surface area (Å²) in [7, 11) is 5.53. The van der Waals surface area contributed by atoms with Crippen LogP contribution in [0.5, 0.6) is 0 Å². The molecule has 0 rings (SSSR count). The fraction of sp³-hybridized carbons (Fsp3) is 0.727. The molecule has 1 N–H and O–H groups in total. The van der Waals surface area contributed by atoms with Crippen molar-refractivity contribution in [2.24, 2.45) is 0 Å². The summed E-state index contributed by atoms with van der Waals surface area (Å²) in [6.07, 6.45) is 58.0. The Hall–Kier alpha value is -3.23. The maximum absolute atomic E-state index is 12.8. The normalized spacial score (nSPS) is 13.5. The molecule has 0 amide bonds. The van der Waals surface area contributed by atoms with Gasteiger partial charge in [-0.05, 0) is 83.5 Å². The number of carbonyl (C=O) groups excluding carboxylic acids is 2. The molecule has 0 aromatic heterocycles. The maximum Gasteiger partial charge on any atom is 0.362 e. The summed E-state index contributed by atoms with van der Waals surface area (Å²) in [5.74, 6) is -1.49. The number of esters is 2. The van der Waals surface area contributed by atoms with Crippen LogP contribution in [0, 0.1) is 0 Å². The first-order chi connectivity index (χ1) is 30.6. The van der Waals surface area contributed by atoms with E-state index in [1.807, 2.05) is 21.1 Å². The second-order valence-electron chi connectivity index (χ2n) is 18.0. The van der Waals surface area contributed by atoms with E-state index in [9.17, 15) is 19.5 Å². The van der Waals surface area contributed by atoms with Crippen LogP contribution in [0.4, 0.5) is 0 Å². The Labute approximate surface area is 387 Å². The second kappa shape index (κ2) is 45.3. The molecule has 0 bridgehead atoms. The molecule has 8 heteroatoms. The van der Waals surface area contributed by atoms with Crippen LogP contribution in [0.15, 0.2) is 72.9 Å². The number of unbranched alkanes of at least 4 members (excludes halogenated alkanes) is 19. The summed E-state index contributed by atoms with van der Waals surface area (Å²) in [5, 5.41) is 9.65. The van der Waals surface area contributed by atoms with Gasteiger partial charge in [-0.3, -0.25) is 9.59 Å². The minimum atomic E-state index is -0.879. The Kier molecular flexibility index (Phi) is 43.0. The maximum atomic E-state index is 12.8. The van der Waals surface area contributed by atoms with E-state index in [0.717, 1.165) is 83.5 Å². The molecule has 0 heterocycles. The molecule has 0 spiro atoms. The minimum absolute atomic E-state index is 0.0524. The molecule has 362 valence electrons. The van der Waals surface area contributed by atoms with Gasteiger partial charge >= 0.3 is 17.9 Å². The Balaban J connectivity index is 4.29. The molecule has 0 aliphatic rings. The van der Waals surface area contributed by atoms with Crippen molar-refractivity contribution < 1.29 is 38.2 Å². The lowest BCUT2D eigenvalue weighted by atomic mass is 10.1. The van der Waals surface area contributed by atoms with E-state index in [1.54, 1.807) is 0 Å². The number of ether oxygens (including phenoxy) is 3. The van der Waals surface area contributed by atoms with Gasteiger partial charge in [0.2, 0.25) is 0 Å². The van der Waals surface area contributed by atoms with E-state index in [0.29, 0.717) is 19.3 Å². The molecular formula is C55H96NO7+. The van der Waals surface area contributed by atoms with Gasteiger partial charge in [-0.25, -0.2) is 4.79 Å². The van der Waals surface area contributed by atoms with Gasteiger partial charge in [-0.15, -0.1) is 0 Å². The number of rotatable bonds is 45.